The molecule has 1 unspecified atom stereocenters. The molecule has 26 heavy (non-hydrogen) atoms. The van der Waals surface area contributed by atoms with Crippen molar-refractivity contribution in [3.63, 3.8) is 0 Å². The minimum atomic E-state index is -4.52. The molecule has 1 amide bonds. The molecule has 1 aliphatic rings. The lowest BCUT2D eigenvalue weighted by Crippen LogP contribution is -2.34. The van der Waals surface area contributed by atoms with Gasteiger partial charge in [0.2, 0.25) is 0 Å². The highest BCUT2D eigenvalue weighted by molar-refractivity contribution is 5.95. The minimum Gasteiger partial charge on any atom is -0.481 e. The molecule has 1 fully saturated rings. The molecule has 2 aromatic rings. The number of halogens is 3. The molecule has 1 aromatic heterocycles. The molecule has 2 heterocycles. The summed E-state index contributed by atoms with van der Waals surface area (Å²) in [6, 6.07) is 6.84. The lowest BCUT2D eigenvalue weighted by Gasteiger charge is -2.20. The first kappa shape index (κ1) is 18.0. The molecule has 1 atom stereocenters. The Morgan fingerprint density at radius 1 is 1.19 bits per heavy atom. The zero-order valence-corrected chi connectivity index (χ0v) is 13.8. The van der Waals surface area contributed by atoms with Gasteiger partial charge in [-0.1, -0.05) is 0 Å². The van der Waals surface area contributed by atoms with Gasteiger partial charge < -0.3 is 10.0 Å². The maximum atomic E-state index is 12.6. The minimum absolute atomic E-state index is 0.122. The summed E-state index contributed by atoms with van der Waals surface area (Å²) >= 11 is 0. The highest BCUT2D eigenvalue weighted by atomic mass is 19.4. The summed E-state index contributed by atoms with van der Waals surface area (Å²) in [6.45, 7) is 2.07. The zero-order chi connectivity index (χ0) is 19.1. The fourth-order valence-electron chi connectivity index (χ4n) is 2.87. The highest BCUT2D eigenvalue weighted by Crippen LogP contribution is 2.31. The molecule has 6 nitrogen and oxygen atoms in total. The molecule has 1 N–H and O–H groups in total. The number of likely N-dealkylation sites (tertiary alicyclic amines) is 1. The van der Waals surface area contributed by atoms with Gasteiger partial charge in [-0.25, -0.2) is 4.68 Å². The van der Waals surface area contributed by atoms with Gasteiger partial charge in [-0.15, -0.1) is 0 Å². The number of carboxylic acids is 1. The van der Waals surface area contributed by atoms with E-state index in [-0.39, 0.29) is 12.5 Å². The quantitative estimate of drug-likeness (QED) is 0.905. The Kier molecular flexibility index (Phi) is 4.25. The fourth-order valence-corrected chi connectivity index (χ4v) is 2.87. The van der Waals surface area contributed by atoms with E-state index in [1.165, 1.54) is 35.4 Å². The number of hydrogen-bond donors (Lipinski definition) is 1. The second kappa shape index (κ2) is 6.15. The van der Waals surface area contributed by atoms with E-state index in [0.717, 1.165) is 10.7 Å². The number of aromatic nitrogens is 2. The molecule has 9 heteroatoms. The van der Waals surface area contributed by atoms with Crippen molar-refractivity contribution in [1.29, 1.82) is 0 Å². The third-order valence-electron chi connectivity index (χ3n) is 4.54. The standard InChI is InChI=1S/C17H16F3N3O3/c1-16(15(25)26)7-9-22(10-16)14(24)11-2-4-12(5-3-11)23-8-6-13(21-23)17(18,19)20/h2-6,8H,7,9-10H2,1H3,(H,25,26). The summed E-state index contributed by atoms with van der Waals surface area (Å²) in [4.78, 5) is 25.2. The van der Waals surface area contributed by atoms with E-state index in [1.807, 2.05) is 0 Å². The van der Waals surface area contributed by atoms with Gasteiger partial charge in [0.05, 0.1) is 11.1 Å². The topological polar surface area (TPSA) is 75.4 Å². The average molecular weight is 367 g/mol. The predicted octanol–water partition coefficient (Wildman–Crippen LogP) is 2.83. The van der Waals surface area contributed by atoms with Crippen LogP contribution in [0.2, 0.25) is 0 Å². The number of carbonyl (C=O) groups excluding carboxylic acids is 1. The van der Waals surface area contributed by atoms with Crippen LogP contribution in [0.15, 0.2) is 36.5 Å². The molecular formula is C17H16F3N3O3. The Morgan fingerprint density at radius 2 is 1.85 bits per heavy atom. The second-order valence-electron chi connectivity index (χ2n) is 6.53. The first-order chi connectivity index (χ1) is 12.1. The van der Waals surface area contributed by atoms with Crippen LogP contribution in [0.3, 0.4) is 0 Å². The first-order valence-corrected chi connectivity index (χ1v) is 7.86. The van der Waals surface area contributed by atoms with Crippen LogP contribution in [0.5, 0.6) is 0 Å². The van der Waals surface area contributed by atoms with E-state index in [2.05, 4.69) is 5.10 Å². The second-order valence-corrected chi connectivity index (χ2v) is 6.53. The van der Waals surface area contributed by atoms with Crippen molar-refractivity contribution in [1.82, 2.24) is 14.7 Å². The molecule has 0 radical (unpaired) electrons. The molecule has 1 aliphatic heterocycles. The van der Waals surface area contributed by atoms with Crippen LogP contribution in [0.4, 0.5) is 13.2 Å². The number of carbonyl (C=O) groups is 2. The van der Waals surface area contributed by atoms with Gasteiger partial charge in [-0.3, -0.25) is 9.59 Å². The van der Waals surface area contributed by atoms with Crippen LogP contribution in [-0.2, 0) is 11.0 Å². The third kappa shape index (κ3) is 3.29. The Bertz CT molecular complexity index is 845. The van der Waals surface area contributed by atoms with Crippen molar-refractivity contribution in [2.45, 2.75) is 19.5 Å². The van der Waals surface area contributed by atoms with Gasteiger partial charge in [0.1, 0.15) is 0 Å². The number of rotatable bonds is 3. The normalized spacial score (nSPS) is 20.4. The largest absolute Gasteiger partial charge is 0.481 e. The van der Waals surface area contributed by atoms with Crippen LogP contribution in [0.1, 0.15) is 29.4 Å². The summed E-state index contributed by atoms with van der Waals surface area (Å²) < 4.78 is 38.9. The number of hydrogen-bond acceptors (Lipinski definition) is 3. The number of aliphatic carboxylic acids is 1. The van der Waals surface area contributed by atoms with E-state index in [9.17, 15) is 27.9 Å². The number of nitrogens with zero attached hydrogens (tertiary/aromatic N) is 3. The van der Waals surface area contributed by atoms with Crippen molar-refractivity contribution in [2.75, 3.05) is 13.1 Å². The summed E-state index contributed by atoms with van der Waals surface area (Å²) in [6.07, 6.45) is -2.95. The summed E-state index contributed by atoms with van der Waals surface area (Å²) in [5.41, 5.74) is -1.23. The van der Waals surface area contributed by atoms with Crippen molar-refractivity contribution in [2.24, 2.45) is 5.41 Å². The lowest BCUT2D eigenvalue weighted by atomic mass is 9.90. The number of alkyl halides is 3. The Labute approximate surface area is 146 Å². The van der Waals surface area contributed by atoms with Crippen LogP contribution in [-0.4, -0.2) is 44.8 Å². The Hall–Kier alpha value is -2.84. The number of benzene rings is 1. The number of amides is 1. The van der Waals surface area contributed by atoms with Gasteiger partial charge >= 0.3 is 12.1 Å². The average Bonchev–Trinajstić information content (AvgIpc) is 3.22. The van der Waals surface area contributed by atoms with E-state index >= 15 is 0 Å². The molecule has 3 rings (SSSR count). The van der Waals surface area contributed by atoms with E-state index in [4.69, 9.17) is 0 Å². The van der Waals surface area contributed by atoms with Crippen LogP contribution >= 0.6 is 0 Å². The van der Waals surface area contributed by atoms with Gasteiger partial charge in [-0.2, -0.15) is 18.3 Å². The molecule has 0 spiro atoms. The molecule has 0 bridgehead atoms. The molecule has 1 saturated heterocycles. The molecule has 0 aliphatic carbocycles. The fraction of sp³-hybridized carbons (Fsp3) is 0.353. The van der Waals surface area contributed by atoms with E-state index in [0.29, 0.717) is 24.2 Å². The maximum Gasteiger partial charge on any atom is 0.435 e. The van der Waals surface area contributed by atoms with E-state index in [1.54, 1.807) is 6.92 Å². The van der Waals surface area contributed by atoms with Crippen molar-refractivity contribution < 1.29 is 27.9 Å². The van der Waals surface area contributed by atoms with Gasteiger partial charge in [0, 0.05) is 24.8 Å². The monoisotopic (exact) mass is 367 g/mol. The smallest absolute Gasteiger partial charge is 0.435 e. The van der Waals surface area contributed by atoms with Crippen LogP contribution in [0, 0.1) is 5.41 Å². The lowest BCUT2D eigenvalue weighted by molar-refractivity contribution is -0.147. The molecule has 0 saturated carbocycles. The zero-order valence-electron chi connectivity index (χ0n) is 13.8. The maximum absolute atomic E-state index is 12.6. The van der Waals surface area contributed by atoms with Gasteiger partial charge in [0.15, 0.2) is 5.69 Å². The molecule has 1 aromatic carbocycles. The van der Waals surface area contributed by atoms with Gasteiger partial charge in [0.25, 0.3) is 5.91 Å². The van der Waals surface area contributed by atoms with Crippen molar-refractivity contribution in [3.05, 3.63) is 47.8 Å². The summed E-state index contributed by atoms with van der Waals surface area (Å²) in [5, 5.41) is 12.7. The SMILES string of the molecule is CC1(C(=O)O)CCN(C(=O)c2ccc(-n3ccc(C(F)(F)F)n3)cc2)C1. The van der Waals surface area contributed by atoms with Crippen LogP contribution in [0.25, 0.3) is 5.69 Å². The first-order valence-electron chi connectivity index (χ1n) is 7.86. The van der Waals surface area contributed by atoms with E-state index < -0.39 is 23.3 Å². The van der Waals surface area contributed by atoms with Crippen molar-refractivity contribution in [3.8, 4) is 5.69 Å². The molecule has 138 valence electrons. The van der Waals surface area contributed by atoms with Gasteiger partial charge in [-0.05, 0) is 43.7 Å². The summed E-state index contributed by atoms with van der Waals surface area (Å²) in [7, 11) is 0. The van der Waals surface area contributed by atoms with Crippen LogP contribution < -0.4 is 0 Å². The Balaban J connectivity index is 1.75. The highest BCUT2D eigenvalue weighted by Gasteiger charge is 2.42. The third-order valence-corrected chi connectivity index (χ3v) is 4.54. The predicted molar refractivity (Wildman–Crippen MR) is 84.8 cm³/mol. The molecular weight excluding hydrogens is 351 g/mol. The Morgan fingerprint density at radius 3 is 2.35 bits per heavy atom. The van der Waals surface area contributed by atoms with Crippen molar-refractivity contribution >= 4 is 11.9 Å². The number of carboxylic acid groups (broad SMARTS) is 1. The summed E-state index contributed by atoms with van der Waals surface area (Å²) in [5.74, 6) is -1.25.